The van der Waals surface area contributed by atoms with E-state index >= 15 is 0 Å². The summed E-state index contributed by atoms with van der Waals surface area (Å²) >= 11 is 0. The van der Waals surface area contributed by atoms with Crippen molar-refractivity contribution in [2.75, 3.05) is 7.11 Å². The molecule has 0 saturated heterocycles. The number of carbonyl (C=O) groups is 2. The lowest BCUT2D eigenvalue weighted by molar-refractivity contribution is -0.150. The molecule has 0 spiro atoms. The third-order valence-electron chi connectivity index (χ3n) is 5.75. The fourth-order valence-corrected chi connectivity index (χ4v) is 3.85. The van der Waals surface area contributed by atoms with Gasteiger partial charge in [-0.2, -0.15) is 0 Å². The normalized spacial score (nSPS) is 23.3. The summed E-state index contributed by atoms with van der Waals surface area (Å²) < 4.78 is 5.18. The van der Waals surface area contributed by atoms with Crippen molar-refractivity contribution in [2.24, 2.45) is 11.3 Å². The number of benzene rings is 1. The molecule has 1 aliphatic rings. The third-order valence-corrected chi connectivity index (χ3v) is 5.75. The van der Waals surface area contributed by atoms with Crippen LogP contribution in [-0.4, -0.2) is 29.6 Å². The Morgan fingerprint density at radius 2 is 1.88 bits per heavy atom. The van der Waals surface area contributed by atoms with Gasteiger partial charge in [-0.15, -0.1) is 0 Å². The highest BCUT2D eigenvalue weighted by molar-refractivity contribution is 5.88. The van der Waals surface area contributed by atoms with Crippen LogP contribution in [0.15, 0.2) is 18.2 Å². The number of carbonyl (C=O) groups excluding carboxylic acids is 1. The topological polar surface area (TPSA) is 75.6 Å². The smallest absolute Gasteiger partial charge is 0.329 e. The van der Waals surface area contributed by atoms with Crippen molar-refractivity contribution in [1.82, 2.24) is 5.32 Å². The van der Waals surface area contributed by atoms with Gasteiger partial charge in [0.05, 0.1) is 13.5 Å². The fourth-order valence-electron chi connectivity index (χ4n) is 3.85. The van der Waals surface area contributed by atoms with Crippen LogP contribution in [0.5, 0.6) is 5.75 Å². The van der Waals surface area contributed by atoms with Crippen molar-refractivity contribution >= 4 is 11.9 Å². The first kappa shape index (κ1) is 20.3. The van der Waals surface area contributed by atoms with Gasteiger partial charge in [0, 0.05) is 0 Å². The van der Waals surface area contributed by atoms with Crippen molar-refractivity contribution in [1.29, 1.82) is 0 Å². The van der Waals surface area contributed by atoms with Crippen molar-refractivity contribution in [3.63, 3.8) is 0 Å². The van der Waals surface area contributed by atoms with Crippen LogP contribution >= 0.6 is 0 Å². The number of nitrogens with one attached hydrogen (secondary N) is 1. The predicted molar refractivity (Wildman–Crippen MR) is 101 cm³/mol. The van der Waals surface area contributed by atoms with Crippen LogP contribution in [0, 0.1) is 18.3 Å². The molecular formula is C21H31NO4. The number of hydrogen-bond donors (Lipinski definition) is 2. The van der Waals surface area contributed by atoms with Gasteiger partial charge in [0.1, 0.15) is 11.3 Å². The molecule has 0 aliphatic heterocycles. The molecule has 144 valence electrons. The van der Waals surface area contributed by atoms with Crippen LogP contribution in [0.1, 0.15) is 57.6 Å². The number of aliphatic carboxylic acids is 1. The molecule has 0 bridgehead atoms. The first-order valence-electron chi connectivity index (χ1n) is 9.25. The summed E-state index contributed by atoms with van der Waals surface area (Å²) in [5.41, 5.74) is 0.862. The van der Waals surface area contributed by atoms with Crippen LogP contribution in [0.25, 0.3) is 0 Å². The summed E-state index contributed by atoms with van der Waals surface area (Å²) in [5.74, 6) is 0.0596. The molecule has 0 atom stereocenters. The summed E-state index contributed by atoms with van der Waals surface area (Å²) in [6, 6.07) is 5.55. The number of amides is 1. The van der Waals surface area contributed by atoms with Gasteiger partial charge in [0.2, 0.25) is 5.91 Å². The second-order valence-corrected chi connectivity index (χ2v) is 8.54. The largest absolute Gasteiger partial charge is 0.497 e. The minimum Gasteiger partial charge on any atom is -0.497 e. The molecule has 1 aliphatic carbocycles. The minimum absolute atomic E-state index is 0.162. The average Bonchev–Trinajstić information content (AvgIpc) is 2.56. The fraction of sp³-hybridized carbons (Fsp3) is 0.619. The summed E-state index contributed by atoms with van der Waals surface area (Å²) in [4.78, 5) is 24.5. The lowest BCUT2D eigenvalue weighted by Crippen LogP contribution is -2.57. The molecule has 0 aromatic heterocycles. The lowest BCUT2D eigenvalue weighted by atomic mass is 9.67. The average molecular weight is 361 g/mol. The molecule has 0 unspecified atom stereocenters. The Balaban J connectivity index is 2.06. The van der Waals surface area contributed by atoms with Crippen LogP contribution in [-0.2, 0) is 16.0 Å². The Bertz CT molecular complexity index is 667. The van der Waals surface area contributed by atoms with E-state index in [1.165, 1.54) is 0 Å². The molecule has 26 heavy (non-hydrogen) atoms. The Hall–Kier alpha value is -2.04. The zero-order valence-corrected chi connectivity index (χ0v) is 16.5. The summed E-state index contributed by atoms with van der Waals surface area (Å²) in [6.45, 7) is 8.50. The third kappa shape index (κ3) is 4.57. The van der Waals surface area contributed by atoms with Crippen LogP contribution < -0.4 is 10.1 Å². The van der Waals surface area contributed by atoms with E-state index in [0.717, 1.165) is 29.7 Å². The Labute approximate surface area is 156 Å². The molecule has 0 radical (unpaired) electrons. The van der Waals surface area contributed by atoms with Crippen LogP contribution in [0.3, 0.4) is 0 Å². The molecule has 1 aromatic rings. The van der Waals surface area contributed by atoms with E-state index in [0.29, 0.717) is 18.8 Å². The standard InChI is InChI=1S/C21H31NO4/c1-14-12-17(26-5)7-6-15(14)13-18(23)22-21(19(24)25)10-8-16(9-11-21)20(2,3)4/h6-7,12,16H,8-11,13H2,1-5H3,(H,22,23)(H,24,25). The Morgan fingerprint density at radius 1 is 1.27 bits per heavy atom. The van der Waals surface area contributed by atoms with E-state index in [4.69, 9.17) is 4.74 Å². The van der Waals surface area contributed by atoms with Crippen molar-refractivity contribution < 1.29 is 19.4 Å². The summed E-state index contributed by atoms with van der Waals surface area (Å²) in [6.07, 6.45) is 2.78. The molecule has 1 saturated carbocycles. The Kier molecular flexibility index (Phi) is 5.99. The first-order valence-corrected chi connectivity index (χ1v) is 9.25. The minimum atomic E-state index is -1.14. The molecule has 1 aromatic carbocycles. The number of methoxy groups -OCH3 is 1. The van der Waals surface area contributed by atoms with Crippen LogP contribution in [0.4, 0.5) is 0 Å². The number of aryl methyl sites for hydroxylation is 1. The van der Waals surface area contributed by atoms with Crippen molar-refractivity contribution in [3.8, 4) is 5.75 Å². The number of rotatable bonds is 5. The lowest BCUT2D eigenvalue weighted by Gasteiger charge is -2.42. The number of ether oxygens (including phenoxy) is 1. The zero-order chi connectivity index (χ0) is 19.5. The monoisotopic (exact) mass is 361 g/mol. The summed E-state index contributed by atoms with van der Waals surface area (Å²) in [5, 5.41) is 12.6. The van der Waals surface area contributed by atoms with Crippen molar-refractivity contribution in [2.45, 2.75) is 65.3 Å². The second-order valence-electron chi connectivity index (χ2n) is 8.54. The maximum Gasteiger partial charge on any atom is 0.329 e. The molecule has 1 fully saturated rings. The molecule has 5 nitrogen and oxygen atoms in total. The van der Waals surface area contributed by atoms with Gasteiger partial charge in [0.15, 0.2) is 0 Å². The molecule has 2 N–H and O–H groups in total. The van der Waals surface area contributed by atoms with Crippen molar-refractivity contribution in [3.05, 3.63) is 29.3 Å². The SMILES string of the molecule is COc1ccc(CC(=O)NC2(C(=O)O)CCC(C(C)(C)C)CC2)c(C)c1. The van der Waals surface area contributed by atoms with E-state index in [1.807, 2.05) is 25.1 Å². The van der Waals surface area contributed by atoms with Gasteiger partial charge >= 0.3 is 5.97 Å². The number of hydrogen-bond acceptors (Lipinski definition) is 3. The van der Waals surface area contributed by atoms with Gasteiger partial charge < -0.3 is 15.2 Å². The second kappa shape index (κ2) is 7.68. The van der Waals surface area contributed by atoms with Gasteiger partial charge in [-0.05, 0) is 67.2 Å². The molecular weight excluding hydrogens is 330 g/mol. The predicted octanol–water partition coefficient (Wildman–Crippen LogP) is 3.72. The van der Waals surface area contributed by atoms with Crippen LogP contribution in [0.2, 0.25) is 0 Å². The zero-order valence-electron chi connectivity index (χ0n) is 16.5. The maximum atomic E-state index is 12.6. The quantitative estimate of drug-likeness (QED) is 0.838. The van der Waals surface area contributed by atoms with Gasteiger partial charge in [-0.25, -0.2) is 4.79 Å². The highest BCUT2D eigenvalue weighted by Crippen LogP contribution is 2.41. The number of carboxylic acids is 1. The van der Waals surface area contributed by atoms with E-state index in [1.54, 1.807) is 7.11 Å². The van der Waals surface area contributed by atoms with E-state index in [2.05, 4.69) is 26.1 Å². The molecule has 2 rings (SSSR count). The molecule has 0 heterocycles. The highest BCUT2D eigenvalue weighted by atomic mass is 16.5. The van der Waals surface area contributed by atoms with E-state index in [9.17, 15) is 14.7 Å². The van der Waals surface area contributed by atoms with Gasteiger partial charge in [-0.1, -0.05) is 26.8 Å². The number of carboxylic acid groups (broad SMARTS) is 1. The molecule has 1 amide bonds. The van der Waals surface area contributed by atoms with E-state index in [-0.39, 0.29) is 17.7 Å². The Morgan fingerprint density at radius 3 is 2.35 bits per heavy atom. The summed E-state index contributed by atoms with van der Waals surface area (Å²) in [7, 11) is 1.60. The maximum absolute atomic E-state index is 12.6. The van der Waals surface area contributed by atoms with E-state index < -0.39 is 11.5 Å². The molecule has 5 heteroatoms. The first-order chi connectivity index (χ1) is 12.1. The highest BCUT2D eigenvalue weighted by Gasteiger charge is 2.45. The van der Waals surface area contributed by atoms with Gasteiger partial charge in [-0.3, -0.25) is 4.79 Å². The van der Waals surface area contributed by atoms with Gasteiger partial charge in [0.25, 0.3) is 0 Å².